The maximum atomic E-state index is 11.1. The quantitative estimate of drug-likeness (QED) is 0.199. The molecule has 0 aromatic carbocycles. The van der Waals surface area contributed by atoms with Crippen molar-refractivity contribution in [3.63, 3.8) is 0 Å². The van der Waals surface area contributed by atoms with Crippen LogP contribution in [0, 0.1) is 93.3 Å². The van der Waals surface area contributed by atoms with Gasteiger partial charge in [-0.3, -0.25) is 53.1 Å². The molecule has 3 aliphatic heterocycles. The first-order valence-corrected chi connectivity index (χ1v) is 12.7. The summed E-state index contributed by atoms with van der Waals surface area (Å²) in [5.74, 6) is -6.07. The van der Waals surface area contributed by atoms with Crippen molar-refractivity contribution in [2.75, 3.05) is 6.54 Å². The van der Waals surface area contributed by atoms with Crippen molar-refractivity contribution in [3.05, 3.63) is 36.5 Å². The molecule has 0 N–H and O–H groups in total. The van der Waals surface area contributed by atoms with Crippen LogP contribution >= 0.6 is 0 Å². The second-order valence-electron chi connectivity index (χ2n) is 8.73. The zero-order valence-corrected chi connectivity index (χ0v) is 37.0. The standard InChI is InChI=1S/2C9H10BNO3.C8H8BNO3.CH4.3U/c1-2-7(12)6(10)5-11-8(13)3-4-9(11)14;1-2-6(12)5-7(10)11-8(13)3-4-9(11)14;1-2-5(11)8(9)10-6(12)3-4-7(10)13;;;;/h3-4,6H,2,5H2,1H3;3-4,7H,2,5H2,1H3;3-4,8H,2H2,1H3;1H4;;;. The van der Waals surface area contributed by atoms with Gasteiger partial charge in [-0.25, -0.2) is 0 Å². The molecule has 3 rings (SSSR count). The number of amides is 6. The van der Waals surface area contributed by atoms with Gasteiger partial charge in [-0.1, -0.05) is 28.2 Å². The van der Waals surface area contributed by atoms with Gasteiger partial charge in [0.2, 0.25) is 0 Å². The zero-order chi connectivity index (χ0) is 31.4. The smallest absolute Gasteiger partial charge is 0.253 e. The van der Waals surface area contributed by atoms with E-state index in [2.05, 4.69) is 0 Å². The summed E-state index contributed by atoms with van der Waals surface area (Å²) in [5, 5.41) is 0. The Balaban J connectivity index is -0.000000268. The first-order chi connectivity index (χ1) is 19.2. The third-order valence-corrected chi connectivity index (χ3v) is 5.85. The van der Waals surface area contributed by atoms with Crippen LogP contribution in [0.1, 0.15) is 53.9 Å². The number of hydrogen-bond donors (Lipinski definition) is 0. The van der Waals surface area contributed by atoms with Crippen LogP contribution in [0.3, 0.4) is 0 Å². The van der Waals surface area contributed by atoms with Gasteiger partial charge in [0.25, 0.3) is 35.4 Å². The summed E-state index contributed by atoms with van der Waals surface area (Å²) in [6.45, 7) is 4.99. The van der Waals surface area contributed by atoms with Crippen molar-refractivity contribution < 1.29 is 136 Å². The second kappa shape index (κ2) is 25.1. The van der Waals surface area contributed by atoms with Gasteiger partial charge in [-0.15, -0.1) is 0 Å². The Bertz CT molecular complexity index is 1170. The van der Waals surface area contributed by atoms with E-state index in [1.807, 2.05) is 0 Å². The number of Topliss-reactive ketones (excluding diaryl/α,β-unsaturated/α-hetero) is 3. The Morgan fingerprint density at radius 1 is 0.600 bits per heavy atom. The fourth-order valence-corrected chi connectivity index (χ4v) is 3.42. The molecule has 0 bridgehead atoms. The molecule has 3 aliphatic rings. The molecule has 0 fully saturated rings. The van der Waals surface area contributed by atoms with Gasteiger partial charge in [0.1, 0.15) is 33.0 Å². The number of ketones is 3. The van der Waals surface area contributed by atoms with Crippen LogP contribution in [0.15, 0.2) is 36.5 Å². The third kappa shape index (κ3) is 15.6. The van der Waals surface area contributed by atoms with E-state index in [1.165, 1.54) is 12.2 Å². The monoisotopic (exact) mass is 1290 g/mol. The normalized spacial score (nSPS) is 16.2. The van der Waals surface area contributed by atoms with Crippen molar-refractivity contribution >= 4 is 76.3 Å². The number of imide groups is 3. The van der Waals surface area contributed by atoms with Crippen LogP contribution in [0.4, 0.5) is 0 Å². The molecule has 45 heavy (non-hydrogen) atoms. The molecule has 12 nitrogen and oxygen atoms in total. The van der Waals surface area contributed by atoms with Gasteiger partial charge >= 0.3 is 0 Å². The summed E-state index contributed by atoms with van der Waals surface area (Å²) in [6.07, 6.45) is 7.75. The van der Waals surface area contributed by atoms with Gasteiger partial charge in [0, 0.05) is 168 Å². The van der Waals surface area contributed by atoms with Crippen LogP contribution in [0.2, 0.25) is 5.82 Å². The summed E-state index contributed by atoms with van der Waals surface area (Å²) < 4.78 is 0. The largest absolute Gasteiger partial charge is 0.300 e. The van der Waals surface area contributed by atoms with E-state index in [4.69, 9.17) is 23.5 Å². The fraction of sp³-hybridized carbons (Fsp3) is 0.444. The minimum Gasteiger partial charge on any atom is -0.300 e. The molecule has 0 aromatic heterocycles. The second-order valence-corrected chi connectivity index (χ2v) is 8.73. The van der Waals surface area contributed by atoms with E-state index < -0.39 is 53.1 Å². The molecule has 3 atom stereocenters. The Morgan fingerprint density at radius 2 is 0.956 bits per heavy atom. The average molecular weight is 1290 g/mol. The number of carbonyl (C=O) groups is 9. The van der Waals surface area contributed by atoms with Crippen molar-refractivity contribution in [2.24, 2.45) is 0 Å². The van der Waals surface area contributed by atoms with Crippen LogP contribution in [-0.2, 0) is 43.2 Å². The predicted molar refractivity (Wildman–Crippen MR) is 154 cm³/mol. The van der Waals surface area contributed by atoms with E-state index >= 15 is 0 Å². The van der Waals surface area contributed by atoms with Gasteiger partial charge in [0.05, 0.1) is 13.8 Å². The molecular formula is C27H32B3N3O9U3. The van der Waals surface area contributed by atoms with E-state index in [9.17, 15) is 43.2 Å². The molecule has 0 aliphatic carbocycles. The summed E-state index contributed by atoms with van der Waals surface area (Å²) in [4.78, 5) is 102. The van der Waals surface area contributed by atoms with Crippen LogP contribution in [0.25, 0.3) is 0 Å². The van der Waals surface area contributed by atoms with Crippen molar-refractivity contribution in [1.29, 1.82) is 0 Å². The summed E-state index contributed by atoms with van der Waals surface area (Å²) in [6, 6.07) is 0. The van der Waals surface area contributed by atoms with Crippen molar-refractivity contribution in [1.82, 2.24) is 14.7 Å². The first kappa shape index (κ1) is 50.8. The van der Waals surface area contributed by atoms with Crippen LogP contribution in [-0.4, -0.2) is 109 Å². The molecule has 230 valence electrons. The number of hydrogen-bond acceptors (Lipinski definition) is 9. The third-order valence-electron chi connectivity index (χ3n) is 5.85. The van der Waals surface area contributed by atoms with Gasteiger partial charge in [-0.2, -0.15) is 0 Å². The molecule has 0 aromatic rings. The number of rotatable bonds is 11. The SMILES string of the molecule is C.[B]C(C(=O)CC)N1C(=O)C=CC1=O.[B]C(CC(=O)CC)N1C(=O)C=CC1=O.[B]C(CN1C(=O)C=CC1=O)C(=O)CC.[U].[U].[U]. The Hall–Kier alpha value is -0.999. The number of nitrogens with zero attached hydrogens (tertiary/aromatic N) is 3. The van der Waals surface area contributed by atoms with Crippen molar-refractivity contribution in [2.45, 2.75) is 71.6 Å². The molecule has 0 saturated heterocycles. The molecular weight excluding hydrogens is 1260 g/mol. The molecule has 18 heteroatoms. The fourth-order valence-electron chi connectivity index (χ4n) is 3.42. The molecule has 0 saturated carbocycles. The Labute approximate surface area is 338 Å². The molecule has 6 radical (unpaired) electrons. The zero-order valence-electron chi connectivity index (χ0n) is 24.5. The summed E-state index contributed by atoms with van der Waals surface area (Å²) >= 11 is 0. The minimum atomic E-state index is -1.14. The molecule has 3 unspecified atom stereocenters. The van der Waals surface area contributed by atoms with Crippen LogP contribution in [0.5, 0.6) is 0 Å². The van der Waals surface area contributed by atoms with Gasteiger partial charge < -0.3 is 4.79 Å². The Morgan fingerprint density at radius 3 is 1.31 bits per heavy atom. The van der Waals surface area contributed by atoms with E-state index in [0.717, 1.165) is 39.0 Å². The van der Waals surface area contributed by atoms with E-state index in [1.54, 1.807) is 20.8 Å². The topological polar surface area (TPSA) is 163 Å². The maximum Gasteiger partial charge on any atom is 0.253 e. The molecule has 3 heterocycles. The molecule has 0 spiro atoms. The minimum absolute atomic E-state index is 0. The summed E-state index contributed by atoms with van der Waals surface area (Å²) in [7, 11) is 16.5. The average Bonchev–Trinajstić information content (AvgIpc) is 3.58. The Kier molecular flexibility index (Phi) is 28.3. The summed E-state index contributed by atoms with van der Waals surface area (Å²) in [5.41, 5.74) is 0. The van der Waals surface area contributed by atoms with Crippen LogP contribution < -0.4 is 0 Å². The van der Waals surface area contributed by atoms with E-state index in [-0.39, 0.29) is 138 Å². The molecule has 6 amide bonds. The van der Waals surface area contributed by atoms with Gasteiger partial charge in [-0.05, 0) is 5.82 Å². The first-order valence-electron chi connectivity index (χ1n) is 12.7. The van der Waals surface area contributed by atoms with Gasteiger partial charge in [0.15, 0.2) is 0 Å². The van der Waals surface area contributed by atoms with Crippen molar-refractivity contribution in [3.8, 4) is 0 Å². The predicted octanol–water partition coefficient (Wildman–Crippen LogP) is -0.356. The maximum absolute atomic E-state index is 11.1. The number of carbonyl (C=O) groups excluding carboxylic acids is 9. The van der Waals surface area contributed by atoms with E-state index in [0.29, 0.717) is 12.8 Å².